The number of hydrogen-bond acceptors (Lipinski definition) is 4. The van der Waals surface area contributed by atoms with Gasteiger partial charge in [-0.3, -0.25) is 14.8 Å². The molecule has 0 saturated heterocycles. The van der Waals surface area contributed by atoms with Crippen LogP contribution in [0.5, 0.6) is 5.75 Å². The number of amides is 2. The van der Waals surface area contributed by atoms with Crippen LogP contribution in [-0.4, -0.2) is 17.0 Å². The fourth-order valence-electron chi connectivity index (χ4n) is 3.89. The summed E-state index contributed by atoms with van der Waals surface area (Å²) in [6.07, 6.45) is 0.277. The van der Waals surface area contributed by atoms with Gasteiger partial charge in [0, 0.05) is 6.54 Å². The molecule has 7 heteroatoms. The summed E-state index contributed by atoms with van der Waals surface area (Å²) in [6, 6.07) is 22.6. The van der Waals surface area contributed by atoms with E-state index in [9.17, 15) is 14.0 Å². The molecule has 0 aliphatic heterocycles. The van der Waals surface area contributed by atoms with E-state index in [1.807, 2.05) is 30.3 Å². The highest BCUT2D eigenvalue weighted by Crippen LogP contribution is 2.55. The van der Waals surface area contributed by atoms with Crippen LogP contribution in [0.1, 0.15) is 23.1 Å². The molecule has 2 amide bonds. The molecule has 1 saturated carbocycles. The lowest BCUT2D eigenvalue weighted by Crippen LogP contribution is -2.38. The van der Waals surface area contributed by atoms with E-state index in [-0.39, 0.29) is 24.7 Å². The van der Waals surface area contributed by atoms with Gasteiger partial charge < -0.3 is 10.1 Å². The lowest BCUT2D eigenvalue weighted by atomic mass is 9.91. The van der Waals surface area contributed by atoms with Crippen molar-refractivity contribution in [3.63, 3.8) is 0 Å². The Morgan fingerprint density at radius 3 is 2.31 bits per heavy atom. The number of carbonyl (C=O) groups excluding carboxylic acids is 2. The van der Waals surface area contributed by atoms with Crippen LogP contribution in [0.4, 0.5) is 4.39 Å². The monoisotopic (exact) mass is 434 g/mol. The summed E-state index contributed by atoms with van der Waals surface area (Å²) in [6.45, 7) is 0.617. The Morgan fingerprint density at radius 2 is 1.66 bits per heavy atom. The maximum absolute atomic E-state index is 13.1. The third-order valence-corrected chi connectivity index (χ3v) is 5.78. The molecule has 1 aliphatic carbocycles. The van der Waals surface area contributed by atoms with E-state index in [0.29, 0.717) is 17.9 Å². The number of halogens is 1. The number of rotatable bonds is 8. The van der Waals surface area contributed by atoms with Crippen LogP contribution in [0.25, 0.3) is 0 Å². The molecule has 0 unspecified atom stereocenters. The van der Waals surface area contributed by atoms with Crippen molar-refractivity contribution < 1.29 is 23.9 Å². The van der Waals surface area contributed by atoms with Gasteiger partial charge in [-0.05, 0) is 47.4 Å². The predicted molar refractivity (Wildman–Crippen MR) is 115 cm³/mol. The first-order valence-corrected chi connectivity index (χ1v) is 10.3. The summed E-state index contributed by atoms with van der Waals surface area (Å²) in [7, 11) is 0. The van der Waals surface area contributed by atoms with Crippen LogP contribution in [0.2, 0.25) is 0 Å². The molecule has 1 fully saturated rings. The normalized spacial score (nSPS) is 19.1. The zero-order valence-corrected chi connectivity index (χ0v) is 17.3. The number of hydroxylamine groups is 1. The zero-order valence-electron chi connectivity index (χ0n) is 17.3. The quantitative estimate of drug-likeness (QED) is 0.374. The second-order valence-corrected chi connectivity index (χ2v) is 7.81. The molecule has 0 spiro atoms. The molecular weight excluding hydrogens is 411 g/mol. The maximum atomic E-state index is 13.1. The largest absolute Gasteiger partial charge is 0.489 e. The minimum atomic E-state index is -1.08. The van der Waals surface area contributed by atoms with Crippen LogP contribution >= 0.6 is 0 Å². The number of nitrogens with one attached hydrogen (secondary N) is 2. The second-order valence-electron chi connectivity index (χ2n) is 7.81. The number of carbonyl (C=O) groups is 2. The van der Waals surface area contributed by atoms with Crippen molar-refractivity contribution in [3.8, 4) is 5.75 Å². The van der Waals surface area contributed by atoms with Crippen molar-refractivity contribution in [1.82, 2.24) is 10.8 Å². The average molecular weight is 434 g/mol. The summed E-state index contributed by atoms with van der Waals surface area (Å²) in [5.41, 5.74) is 3.01. The molecule has 4 rings (SSSR count). The van der Waals surface area contributed by atoms with Gasteiger partial charge in [-0.1, -0.05) is 54.6 Å². The minimum Gasteiger partial charge on any atom is -0.489 e. The van der Waals surface area contributed by atoms with Crippen LogP contribution in [0.15, 0.2) is 78.9 Å². The SMILES string of the molecule is O=C(NO)[C@@H]1C[C@]1(C(=O)NCc1ccc(F)cc1)c1ccc(OCc2ccccc2)cc1. The maximum Gasteiger partial charge on any atom is 0.247 e. The Labute approximate surface area is 185 Å². The molecule has 2 atom stereocenters. The average Bonchev–Trinajstić information content (AvgIpc) is 3.60. The molecule has 32 heavy (non-hydrogen) atoms. The Balaban J connectivity index is 1.47. The summed E-state index contributed by atoms with van der Waals surface area (Å²) in [4.78, 5) is 25.2. The molecular formula is C25H23FN2O4. The van der Waals surface area contributed by atoms with Gasteiger partial charge in [-0.25, -0.2) is 9.87 Å². The van der Waals surface area contributed by atoms with Gasteiger partial charge in [0.1, 0.15) is 18.2 Å². The molecule has 164 valence electrons. The molecule has 3 N–H and O–H groups in total. The third-order valence-electron chi connectivity index (χ3n) is 5.78. The van der Waals surface area contributed by atoms with Gasteiger partial charge >= 0.3 is 0 Å². The van der Waals surface area contributed by atoms with E-state index < -0.39 is 17.2 Å². The molecule has 6 nitrogen and oxygen atoms in total. The molecule has 3 aromatic rings. The summed E-state index contributed by atoms with van der Waals surface area (Å²) < 4.78 is 18.9. The first-order valence-electron chi connectivity index (χ1n) is 10.3. The Morgan fingerprint density at radius 1 is 0.969 bits per heavy atom. The van der Waals surface area contributed by atoms with Gasteiger partial charge in [0.2, 0.25) is 11.8 Å². The van der Waals surface area contributed by atoms with Crippen molar-refractivity contribution >= 4 is 11.8 Å². The van der Waals surface area contributed by atoms with E-state index in [1.54, 1.807) is 41.9 Å². The number of ether oxygens (including phenoxy) is 1. The highest BCUT2D eigenvalue weighted by atomic mass is 19.1. The van der Waals surface area contributed by atoms with Gasteiger partial charge in [0.25, 0.3) is 0 Å². The van der Waals surface area contributed by atoms with E-state index in [4.69, 9.17) is 9.94 Å². The zero-order chi connectivity index (χ0) is 22.6. The van der Waals surface area contributed by atoms with E-state index >= 15 is 0 Å². The Hall–Kier alpha value is -3.71. The fraction of sp³-hybridized carbons (Fsp3) is 0.200. The van der Waals surface area contributed by atoms with Crippen LogP contribution < -0.4 is 15.5 Å². The van der Waals surface area contributed by atoms with E-state index in [1.165, 1.54) is 12.1 Å². The summed E-state index contributed by atoms with van der Waals surface area (Å²) in [5, 5.41) is 11.9. The van der Waals surface area contributed by atoms with Gasteiger partial charge in [0.05, 0.1) is 11.3 Å². The van der Waals surface area contributed by atoms with Crippen molar-refractivity contribution in [2.24, 2.45) is 5.92 Å². The van der Waals surface area contributed by atoms with Gasteiger partial charge in [-0.15, -0.1) is 0 Å². The van der Waals surface area contributed by atoms with Crippen LogP contribution in [0, 0.1) is 11.7 Å². The molecule has 1 aliphatic rings. The molecule has 0 aromatic heterocycles. The molecule has 0 bridgehead atoms. The second kappa shape index (κ2) is 9.20. The first kappa shape index (κ1) is 21.5. The Bertz CT molecular complexity index is 1090. The minimum absolute atomic E-state index is 0.201. The third kappa shape index (κ3) is 4.48. The highest BCUT2D eigenvalue weighted by molar-refractivity contribution is 6.00. The lowest BCUT2D eigenvalue weighted by molar-refractivity contribution is -0.133. The fourth-order valence-corrected chi connectivity index (χ4v) is 3.89. The predicted octanol–water partition coefficient (Wildman–Crippen LogP) is 3.48. The van der Waals surface area contributed by atoms with Crippen molar-refractivity contribution in [2.75, 3.05) is 0 Å². The lowest BCUT2D eigenvalue weighted by Gasteiger charge is -2.18. The van der Waals surface area contributed by atoms with E-state index in [0.717, 1.165) is 11.1 Å². The number of hydrogen-bond donors (Lipinski definition) is 3. The van der Waals surface area contributed by atoms with Crippen molar-refractivity contribution in [3.05, 3.63) is 101 Å². The smallest absolute Gasteiger partial charge is 0.247 e. The van der Waals surface area contributed by atoms with Crippen LogP contribution in [-0.2, 0) is 28.2 Å². The van der Waals surface area contributed by atoms with Crippen LogP contribution in [0.3, 0.4) is 0 Å². The van der Waals surface area contributed by atoms with Gasteiger partial charge in [0.15, 0.2) is 0 Å². The molecule has 0 heterocycles. The number of benzene rings is 3. The molecule has 0 radical (unpaired) electrons. The molecule has 3 aromatic carbocycles. The topological polar surface area (TPSA) is 87.7 Å². The van der Waals surface area contributed by atoms with Gasteiger partial charge in [-0.2, -0.15) is 0 Å². The first-order chi connectivity index (χ1) is 15.5. The summed E-state index contributed by atoms with van der Waals surface area (Å²) in [5.74, 6) is -1.33. The highest BCUT2D eigenvalue weighted by Gasteiger charge is 2.64. The standard InChI is InChI=1S/C25H23FN2O4/c26-20-10-6-17(7-11-20)15-27-24(30)25(14-22(25)23(29)28-31)19-8-12-21(13-9-19)32-16-18-4-2-1-3-5-18/h1-13,22,31H,14-16H2,(H,27,30)(H,28,29)/t22-,25-/m0/s1. The van der Waals surface area contributed by atoms with Crippen molar-refractivity contribution in [2.45, 2.75) is 25.0 Å². The summed E-state index contributed by atoms with van der Waals surface area (Å²) >= 11 is 0. The Kier molecular flexibility index (Phi) is 6.18. The van der Waals surface area contributed by atoms with E-state index in [2.05, 4.69) is 5.32 Å². The van der Waals surface area contributed by atoms with Crippen molar-refractivity contribution in [1.29, 1.82) is 0 Å².